The van der Waals surface area contributed by atoms with Gasteiger partial charge in [0.25, 0.3) is 0 Å². The molecule has 15 heavy (non-hydrogen) atoms. The van der Waals surface area contributed by atoms with Crippen LogP contribution in [-0.2, 0) is 6.42 Å². The molecule has 0 aliphatic heterocycles. The first-order chi connectivity index (χ1) is 7.16. The SMILES string of the molecule is CN(C)CCc1cc(N)cc2[nH]ccc12. The fraction of sp³-hybridized carbons (Fsp3) is 0.333. The second-order valence-corrected chi connectivity index (χ2v) is 4.17. The minimum Gasteiger partial charge on any atom is -0.399 e. The number of anilines is 1. The Morgan fingerprint density at radius 2 is 2.13 bits per heavy atom. The molecular formula is C12H17N3. The number of aromatic amines is 1. The van der Waals surface area contributed by atoms with Crippen molar-refractivity contribution in [2.75, 3.05) is 26.4 Å². The molecule has 3 heteroatoms. The summed E-state index contributed by atoms with van der Waals surface area (Å²) in [6.45, 7) is 1.05. The molecule has 1 aromatic heterocycles. The third-order valence-electron chi connectivity index (χ3n) is 2.61. The van der Waals surface area contributed by atoms with Crippen molar-refractivity contribution < 1.29 is 0 Å². The summed E-state index contributed by atoms with van der Waals surface area (Å²) in [5.41, 5.74) is 9.14. The van der Waals surface area contributed by atoms with Gasteiger partial charge in [-0.2, -0.15) is 0 Å². The number of nitrogens with two attached hydrogens (primary N) is 1. The topological polar surface area (TPSA) is 45.0 Å². The maximum Gasteiger partial charge on any atom is 0.0477 e. The van der Waals surface area contributed by atoms with Crippen LogP contribution >= 0.6 is 0 Å². The van der Waals surface area contributed by atoms with Gasteiger partial charge < -0.3 is 15.6 Å². The Morgan fingerprint density at radius 1 is 1.33 bits per heavy atom. The highest BCUT2D eigenvalue weighted by Gasteiger charge is 2.04. The van der Waals surface area contributed by atoms with Gasteiger partial charge in [-0.1, -0.05) is 0 Å². The van der Waals surface area contributed by atoms with Crippen LogP contribution in [-0.4, -0.2) is 30.5 Å². The largest absolute Gasteiger partial charge is 0.399 e. The lowest BCUT2D eigenvalue weighted by Gasteiger charge is -2.10. The summed E-state index contributed by atoms with van der Waals surface area (Å²) >= 11 is 0. The van der Waals surface area contributed by atoms with E-state index in [1.165, 1.54) is 10.9 Å². The van der Waals surface area contributed by atoms with Gasteiger partial charge in [-0.15, -0.1) is 0 Å². The van der Waals surface area contributed by atoms with E-state index in [0.29, 0.717) is 0 Å². The van der Waals surface area contributed by atoms with Crippen LogP contribution in [0.4, 0.5) is 5.69 Å². The number of H-pyrrole nitrogens is 1. The predicted molar refractivity (Wildman–Crippen MR) is 65.0 cm³/mol. The zero-order valence-electron chi connectivity index (χ0n) is 9.25. The Morgan fingerprint density at radius 3 is 2.87 bits per heavy atom. The average molecular weight is 203 g/mol. The van der Waals surface area contributed by atoms with Gasteiger partial charge in [0.15, 0.2) is 0 Å². The van der Waals surface area contributed by atoms with E-state index in [-0.39, 0.29) is 0 Å². The van der Waals surface area contributed by atoms with Crippen molar-refractivity contribution in [2.24, 2.45) is 0 Å². The minimum absolute atomic E-state index is 0.832. The highest BCUT2D eigenvalue weighted by molar-refractivity contribution is 5.86. The van der Waals surface area contributed by atoms with Crippen LogP contribution in [0.2, 0.25) is 0 Å². The number of hydrogen-bond donors (Lipinski definition) is 2. The highest BCUT2D eigenvalue weighted by Crippen LogP contribution is 2.21. The van der Waals surface area contributed by atoms with Crippen molar-refractivity contribution in [3.63, 3.8) is 0 Å². The molecule has 1 aromatic carbocycles. The van der Waals surface area contributed by atoms with Gasteiger partial charge in [0.1, 0.15) is 0 Å². The van der Waals surface area contributed by atoms with Crippen LogP contribution in [0.1, 0.15) is 5.56 Å². The van der Waals surface area contributed by atoms with Crippen molar-refractivity contribution in [1.82, 2.24) is 9.88 Å². The maximum atomic E-state index is 5.86. The van der Waals surface area contributed by atoms with Gasteiger partial charge in [0.05, 0.1) is 0 Å². The molecule has 0 bridgehead atoms. The Kier molecular flexibility index (Phi) is 2.64. The third kappa shape index (κ3) is 2.13. The second kappa shape index (κ2) is 3.95. The average Bonchev–Trinajstić information content (AvgIpc) is 2.61. The van der Waals surface area contributed by atoms with E-state index in [9.17, 15) is 0 Å². The summed E-state index contributed by atoms with van der Waals surface area (Å²) in [5.74, 6) is 0. The molecule has 3 N–H and O–H groups in total. The lowest BCUT2D eigenvalue weighted by molar-refractivity contribution is 0.414. The molecule has 2 rings (SSSR count). The Labute approximate surface area is 89.9 Å². The zero-order valence-corrected chi connectivity index (χ0v) is 9.25. The van der Waals surface area contributed by atoms with E-state index in [0.717, 1.165) is 24.2 Å². The normalized spacial score (nSPS) is 11.4. The third-order valence-corrected chi connectivity index (χ3v) is 2.61. The number of rotatable bonds is 3. The van der Waals surface area contributed by atoms with Crippen molar-refractivity contribution in [2.45, 2.75) is 6.42 Å². The van der Waals surface area contributed by atoms with Crippen molar-refractivity contribution in [1.29, 1.82) is 0 Å². The number of nitrogen functional groups attached to an aromatic ring is 1. The molecule has 0 aliphatic rings. The number of benzene rings is 1. The predicted octanol–water partition coefficient (Wildman–Crippen LogP) is 1.85. The number of nitrogens with zero attached hydrogens (tertiary/aromatic N) is 1. The summed E-state index contributed by atoms with van der Waals surface area (Å²) in [7, 11) is 4.17. The summed E-state index contributed by atoms with van der Waals surface area (Å²) in [6, 6.07) is 6.16. The molecule has 0 amide bonds. The number of likely N-dealkylation sites (N-methyl/N-ethyl adjacent to an activating group) is 1. The first-order valence-electron chi connectivity index (χ1n) is 5.17. The summed E-state index contributed by atoms with van der Waals surface area (Å²) in [6.07, 6.45) is 3.00. The summed E-state index contributed by atoms with van der Waals surface area (Å²) < 4.78 is 0. The number of aromatic nitrogens is 1. The van der Waals surface area contributed by atoms with E-state index in [2.05, 4.69) is 36.1 Å². The second-order valence-electron chi connectivity index (χ2n) is 4.17. The first-order valence-corrected chi connectivity index (χ1v) is 5.17. The fourth-order valence-electron chi connectivity index (χ4n) is 1.82. The molecule has 0 fully saturated rings. The quantitative estimate of drug-likeness (QED) is 0.748. The lowest BCUT2D eigenvalue weighted by atomic mass is 10.1. The van der Waals surface area contributed by atoms with E-state index in [4.69, 9.17) is 5.73 Å². The van der Waals surface area contributed by atoms with Gasteiger partial charge in [-0.05, 0) is 44.3 Å². The van der Waals surface area contributed by atoms with Crippen molar-refractivity contribution in [3.8, 4) is 0 Å². The first kappa shape index (κ1) is 10.1. The standard InChI is InChI=1S/C12H17N3/c1-15(2)6-4-9-7-10(13)8-12-11(9)3-5-14-12/h3,5,7-8,14H,4,6,13H2,1-2H3. The number of hydrogen-bond acceptors (Lipinski definition) is 2. The van der Waals surface area contributed by atoms with E-state index < -0.39 is 0 Å². The lowest BCUT2D eigenvalue weighted by Crippen LogP contribution is -2.15. The highest BCUT2D eigenvalue weighted by atomic mass is 15.0. The summed E-state index contributed by atoms with van der Waals surface area (Å²) in [4.78, 5) is 5.38. The minimum atomic E-state index is 0.832. The smallest absolute Gasteiger partial charge is 0.0477 e. The van der Waals surface area contributed by atoms with Crippen molar-refractivity contribution in [3.05, 3.63) is 30.0 Å². The molecule has 0 aliphatic carbocycles. The molecule has 0 spiro atoms. The molecule has 0 saturated heterocycles. The number of nitrogens with one attached hydrogen (secondary N) is 1. The van der Waals surface area contributed by atoms with Crippen molar-refractivity contribution >= 4 is 16.6 Å². The molecule has 1 heterocycles. The Bertz CT molecular complexity index is 457. The van der Waals surface area contributed by atoms with Crippen LogP contribution in [0.3, 0.4) is 0 Å². The summed E-state index contributed by atoms with van der Waals surface area (Å²) in [5, 5.41) is 1.28. The van der Waals surface area contributed by atoms with E-state index in [1.807, 2.05) is 12.3 Å². The van der Waals surface area contributed by atoms with Crippen LogP contribution in [0.15, 0.2) is 24.4 Å². The van der Waals surface area contributed by atoms with Gasteiger partial charge in [-0.25, -0.2) is 0 Å². The maximum absolute atomic E-state index is 5.86. The fourth-order valence-corrected chi connectivity index (χ4v) is 1.82. The van der Waals surface area contributed by atoms with Crippen LogP contribution in [0, 0.1) is 0 Å². The molecule has 80 valence electrons. The molecular weight excluding hydrogens is 186 g/mol. The molecule has 0 atom stereocenters. The molecule has 2 aromatic rings. The van der Waals surface area contributed by atoms with Crippen LogP contribution in [0.25, 0.3) is 10.9 Å². The molecule has 0 radical (unpaired) electrons. The molecule has 0 saturated carbocycles. The molecule has 0 unspecified atom stereocenters. The van der Waals surface area contributed by atoms with Gasteiger partial charge in [0.2, 0.25) is 0 Å². The zero-order chi connectivity index (χ0) is 10.8. The number of fused-ring (bicyclic) bond motifs is 1. The molecule has 3 nitrogen and oxygen atoms in total. The van der Waals surface area contributed by atoms with E-state index >= 15 is 0 Å². The van der Waals surface area contributed by atoms with Crippen LogP contribution < -0.4 is 5.73 Å². The Hall–Kier alpha value is -1.48. The Balaban J connectivity index is 2.35. The van der Waals surface area contributed by atoms with E-state index in [1.54, 1.807) is 0 Å². The monoisotopic (exact) mass is 203 g/mol. The van der Waals surface area contributed by atoms with Gasteiger partial charge in [0, 0.05) is 29.3 Å². The van der Waals surface area contributed by atoms with Gasteiger partial charge in [-0.3, -0.25) is 0 Å². The van der Waals surface area contributed by atoms with Gasteiger partial charge >= 0.3 is 0 Å². The van der Waals surface area contributed by atoms with Crippen LogP contribution in [0.5, 0.6) is 0 Å².